The fourth-order valence-corrected chi connectivity index (χ4v) is 4.18. The van der Waals surface area contributed by atoms with Crippen LogP contribution in [0.5, 0.6) is 0 Å². The third-order valence-electron chi connectivity index (χ3n) is 5.42. The second-order valence-corrected chi connectivity index (χ2v) is 6.92. The van der Waals surface area contributed by atoms with Crippen molar-refractivity contribution in [2.24, 2.45) is 5.92 Å². The molecule has 130 valence electrons. The van der Waals surface area contributed by atoms with Crippen LogP contribution in [-0.4, -0.2) is 72.3 Å². The molecule has 1 aromatic heterocycles. The SMILES string of the molecule is O=C([C@@H]1C[C@H]2OCC[C@H]2N(Cc2ccncc2)C1)N1CCOCC1. The Morgan fingerprint density at radius 3 is 2.79 bits per heavy atom. The molecule has 3 fully saturated rings. The zero-order valence-corrected chi connectivity index (χ0v) is 14.0. The molecule has 0 unspecified atom stereocenters. The number of fused-ring (bicyclic) bond motifs is 1. The molecule has 4 rings (SSSR count). The highest BCUT2D eigenvalue weighted by Crippen LogP contribution is 2.33. The second-order valence-electron chi connectivity index (χ2n) is 6.92. The number of amides is 1. The molecule has 3 saturated heterocycles. The molecule has 3 atom stereocenters. The van der Waals surface area contributed by atoms with Gasteiger partial charge in [0.2, 0.25) is 5.91 Å². The topological polar surface area (TPSA) is 54.9 Å². The van der Waals surface area contributed by atoms with Crippen molar-refractivity contribution in [3.63, 3.8) is 0 Å². The number of hydrogen-bond donors (Lipinski definition) is 0. The number of hydrogen-bond acceptors (Lipinski definition) is 5. The number of ether oxygens (including phenoxy) is 2. The predicted molar refractivity (Wildman–Crippen MR) is 88.3 cm³/mol. The minimum Gasteiger partial charge on any atom is -0.378 e. The van der Waals surface area contributed by atoms with Gasteiger partial charge in [-0.3, -0.25) is 14.7 Å². The third-order valence-corrected chi connectivity index (χ3v) is 5.42. The number of morpholine rings is 1. The van der Waals surface area contributed by atoms with Crippen molar-refractivity contribution in [3.05, 3.63) is 30.1 Å². The van der Waals surface area contributed by atoms with Gasteiger partial charge in [0.25, 0.3) is 0 Å². The van der Waals surface area contributed by atoms with Crippen molar-refractivity contribution in [3.8, 4) is 0 Å². The van der Waals surface area contributed by atoms with Gasteiger partial charge in [-0.05, 0) is 30.5 Å². The van der Waals surface area contributed by atoms with Crippen LogP contribution in [0.2, 0.25) is 0 Å². The summed E-state index contributed by atoms with van der Waals surface area (Å²) in [5, 5.41) is 0. The molecule has 0 N–H and O–H groups in total. The average molecular weight is 331 g/mol. The van der Waals surface area contributed by atoms with E-state index < -0.39 is 0 Å². The first-order valence-corrected chi connectivity index (χ1v) is 8.92. The minimum absolute atomic E-state index is 0.0317. The molecule has 0 bridgehead atoms. The van der Waals surface area contributed by atoms with Crippen LogP contribution in [0.15, 0.2) is 24.5 Å². The zero-order valence-electron chi connectivity index (χ0n) is 14.0. The van der Waals surface area contributed by atoms with Gasteiger partial charge >= 0.3 is 0 Å². The maximum Gasteiger partial charge on any atom is 0.227 e. The lowest BCUT2D eigenvalue weighted by Gasteiger charge is -2.42. The summed E-state index contributed by atoms with van der Waals surface area (Å²) >= 11 is 0. The highest BCUT2D eigenvalue weighted by Gasteiger charge is 2.43. The van der Waals surface area contributed by atoms with E-state index >= 15 is 0 Å². The van der Waals surface area contributed by atoms with Crippen LogP contribution < -0.4 is 0 Å². The fourth-order valence-electron chi connectivity index (χ4n) is 4.18. The molecule has 4 heterocycles. The summed E-state index contributed by atoms with van der Waals surface area (Å²) in [6.45, 7) is 5.23. The summed E-state index contributed by atoms with van der Waals surface area (Å²) in [6, 6.07) is 4.54. The number of piperidine rings is 1. The highest BCUT2D eigenvalue weighted by atomic mass is 16.5. The van der Waals surface area contributed by atoms with E-state index in [0.717, 1.165) is 32.5 Å². The Labute approximate surface area is 142 Å². The van der Waals surface area contributed by atoms with Crippen molar-refractivity contribution in [2.75, 3.05) is 39.5 Å². The van der Waals surface area contributed by atoms with Gasteiger partial charge in [0.15, 0.2) is 0 Å². The maximum atomic E-state index is 12.9. The molecular formula is C18H25N3O3. The van der Waals surface area contributed by atoms with Crippen molar-refractivity contribution in [1.82, 2.24) is 14.8 Å². The van der Waals surface area contributed by atoms with Crippen LogP contribution in [0, 0.1) is 5.92 Å². The van der Waals surface area contributed by atoms with E-state index in [-0.39, 0.29) is 17.9 Å². The monoisotopic (exact) mass is 331 g/mol. The molecule has 3 aliphatic rings. The summed E-state index contributed by atoms with van der Waals surface area (Å²) in [5.41, 5.74) is 1.25. The lowest BCUT2D eigenvalue weighted by molar-refractivity contribution is -0.144. The van der Waals surface area contributed by atoms with Gasteiger partial charge < -0.3 is 14.4 Å². The Morgan fingerprint density at radius 1 is 1.21 bits per heavy atom. The first-order chi connectivity index (χ1) is 11.8. The van der Waals surface area contributed by atoms with E-state index in [1.54, 1.807) is 0 Å². The van der Waals surface area contributed by atoms with Crippen LogP contribution in [0.1, 0.15) is 18.4 Å². The van der Waals surface area contributed by atoms with E-state index in [1.165, 1.54) is 5.56 Å². The molecule has 3 aliphatic heterocycles. The zero-order chi connectivity index (χ0) is 16.4. The van der Waals surface area contributed by atoms with Crippen LogP contribution in [0.4, 0.5) is 0 Å². The van der Waals surface area contributed by atoms with E-state index in [9.17, 15) is 4.79 Å². The number of rotatable bonds is 3. The molecule has 0 aromatic carbocycles. The predicted octanol–water partition coefficient (Wildman–Crippen LogP) is 0.920. The van der Waals surface area contributed by atoms with Crippen LogP contribution in [0.3, 0.4) is 0 Å². The van der Waals surface area contributed by atoms with Gasteiger partial charge in [-0.1, -0.05) is 0 Å². The Kier molecular flexibility index (Phi) is 4.78. The molecule has 1 amide bonds. The van der Waals surface area contributed by atoms with Crippen molar-refractivity contribution in [1.29, 1.82) is 0 Å². The van der Waals surface area contributed by atoms with Crippen molar-refractivity contribution < 1.29 is 14.3 Å². The average Bonchev–Trinajstić information content (AvgIpc) is 3.11. The molecule has 0 aliphatic carbocycles. The summed E-state index contributed by atoms with van der Waals surface area (Å²) in [5.74, 6) is 0.302. The van der Waals surface area contributed by atoms with Gasteiger partial charge in [0, 0.05) is 51.2 Å². The van der Waals surface area contributed by atoms with Gasteiger partial charge in [-0.15, -0.1) is 0 Å². The summed E-state index contributed by atoms with van der Waals surface area (Å²) < 4.78 is 11.3. The molecule has 6 heteroatoms. The lowest BCUT2D eigenvalue weighted by atomic mass is 9.88. The smallest absolute Gasteiger partial charge is 0.227 e. The molecule has 0 spiro atoms. The van der Waals surface area contributed by atoms with E-state index in [1.807, 2.05) is 17.3 Å². The molecule has 0 radical (unpaired) electrons. The Hall–Kier alpha value is -1.50. The molecule has 24 heavy (non-hydrogen) atoms. The van der Waals surface area contributed by atoms with E-state index in [0.29, 0.717) is 32.3 Å². The molecular weight excluding hydrogens is 306 g/mol. The Morgan fingerprint density at radius 2 is 2.00 bits per heavy atom. The first-order valence-electron chi connectivity index (χ1n) is 8.92. The number of nitrogens with zero attached hydrogens (tertiary/aromatic N) is 3. The van der Waals surface area contributed by atoms with Gasteiger partial charge in [0.05, 0.1) is 25.2 Å². The summed E-state index contributed by atoms with van der Waals surface area (Å²) in [7, 11) is 0. The standard InChI is InChI=1S/C18H25N3O3/c22-18(20-6-9-23-10-7-20)15-11-17-16(3-8-24-17)21(13-15)12-14-1-4-19-5-2-14/h1-2,4-5,15-17H,3,6-13H2/t15-,16-,17-/m1/s1. The highest BCUT2D eigenvalue weighted by molar-refractivity contribution is 5.79. The van der Waals surface area contributed by atoms with E-state index in [4.69, 9.17) is 9.47 Å². The number of aromatic nitrogens is 1. The van der Waals surface area contributed by atoms with Crippen LogP contribution in [-0.2, 0) is 20.8 Å². The van der Waals surface area contributed by atoms with Crippen LogP contribution in [0.25, 0.3) is 0 Å². The number of pyridine rings is 1. The third kappa shape index (κ3) is 3.31. The number of likely N-dealkylation sites (tertiary alicyclic amines) is 1. The molecule has 0 saturated carbocycles. The van der Waals surface area contributed by atoms with Gasteiger partial charge in [0.1, 0.15) is 0 Å². The van der Waals surface area contributed by atoms with Gasteiger partial charge in [-0.25, -0.2) is 0 Å². The van der Waals surface area contributed by atoms with E-state index in [2.05, 4.69) is 22.0 Å². The number of carbonyl (C=O) groups is 1. The van der Waals surface area contributed by atoms with Crippen LogP contribution >= 0.6 is 0 Å². The maximum absolute atomic E-state index is 12.9. The Balaban J connectivity index is 1.47. The molecule has 6 nitrogen and oxygen atoms in total. The van der Waals surface area contributed by atoms with Crippen molar-refractivity contribution in [2.45, 2.75) is 31.5 Å². The Bertz CT molecular complexity index is 562. The molecule has 1 aromatic rings. The second kappa shape index (κ2) is 7.17. The fraction of sp³-hybridized carbons (Fsp3) is 0.667. The minimum atomic E-state index is 0.0317. The quantitative estimate of drug-likeness (QED) is 0.824. The number of carbonyl (C=O) groups excluding carboxylic acids is 1. The first kappa shape index (κ1) is 16.0. The lowest BCUT2D eigenvalue weighted by Crippen LogP contribution is -2.54. The summed E-state index contributed by atoms with van der Waals surface area (Å²) in [6.07, 6.45) is 5.77. The van der Waals surface area contributed by atoms with Gasteiger partial charge in [-0.2, -0.15) is 0 Å². The normalized spacial score (nSPS) is 31.0. The van der Waals surface area contributed by atoms with Crippen molar-refractivity contribution >= 4 is 5.91 Å². The largest absolute Gasteiger partial charge is 0.378 e. The summed E-state index contributed by atoms with van der Waals surface area (Å²) in [4.78, 5) is 21.4.